The minimum absolute atomic E-state index is 0. The number of allylic oxidation sites excluding steroid dienone is 2. The van der Waals surface area contributed by atoms with E-state index in [4.69, 9.17) is 14.0 Å². The van der Waals surface area contributed by atoms with Gasteiger partial charge in [-0.1, -0.05) is 36.4 Å². The molecule has 1 aromatic heterocycles. The second-order valence-corrected chi connectivity index (χ2v) is 12.9. The van der Waals surface area contributed by atoms with Crippen molar-refractivity contribution < 1.29 is 158 Å². The summed E-state index contributed by atoms with van der Waals surface area (Å²) in [7, 11) is -8.84. The van der Waals surface area contributed by atoms with E-state index in [1.165, 1.54) is 6.08 Å². The Labute approximate surface area is 369 Å². The summed E-state index contributed by atoms with van der Waals surface area (Å²) in [5, 5.41) is 22.1. The third kappa shape index (κ3) is 14.3. The van der Waals surface area contributed by atoms with Crippen LogP contribution < -0.4 is 108 Å². The van der Waals surface area contributed by atoms with Crippen molar-refractivity contribution in [1.82, 2.24) is 14.8 Å². The van der Waals surface area contributed by atoms with E-state index in [2.05, 4.69) is 15.9 Å². The topological polar surface area (TPSA) is 238 Å². The van der Waals surface area contributed by atoms with Crippen molar-refractivity contribution in [2.45, 2.75) is 39.7 Å². The van der Waals surface area contributed by atoms with Gasteiger partial charge in [-0.3, -0.25) is 14.0 Å². The first-order valence-electron chi connectivity index (χ1n) is 14.3. The van der Waals surface area contributed by atoms with E-state index in [9.17, 15) is 40.9 Å². The SMILES string of the molecule is CCOC(=O)C1=NN(CCCS(=O)(=O)O)C(=O)C1=C=C/C(=C/Cc1c(C(=O)OCC)nn(CCCS(=O)(=O)[O-])c1[O-])c1ccccc1.[K+].[K+]. The van der Waals surface area contributed by atoms with Crippen LogP contribution in [-0.2, 0) is 52.3 Å². The Balaban J connectivity index is 0.00000600. The summed E-state index contributed by atoms with van der Waals surface area (Å²) in [5.41, 5.74) is 2.72. The van der Waals surface area contributed by atoms with Crippen LogP contribution in [0.15, 0.2) is 58.9 Å². The van der Waals surface area contributed by atoms with Crippen molar-refractivity contribution in [2.24, 2.45) is 5.10 Å². The fourth-order valence-electron chi connectivity index (χ4n) is 4.29. The van der Waals surface area contributed by atoms with E-state index in [1.807, 2.05) is 0 Å². The number of aromatic nitrogens is 2. The monoisotopic (exact) mass is 770 g/mol. The normalized spacial score (nSPS) is 13.2. The van der Waals surface area contributed by atoms with E-state index in [-0.39, 0.29) is 171 Å². The molecule has 1 N–H and O–H groups in total. The minimum Gasteiger partial charge on any atom is -0.859 e. The minimum atomic E-state index is -4.54. The standard InChI is InChI=1S/C29H34N4O12S2.2K/c1-3-44-28(36)24-22(26(34)32(30-24)16-8-18-46(38,39)40)14-12-21(20-10-6-5-7-11-20)13-15-23-25(29(37)45-4-2)31-33(27(23)35)17-9-19-47(41,42)43;;/h5-7,10-13,34H,3-4,8-9,14,16-19H2,1-2H3,(H,38,39,40)(H,41,42,43);;/q;2*+1/p-2/b21-12-;;. The van der Waals surface area contributed by atoms with Crippen LogP contribution in [0.5, 0.6) is 5.88 Å². The van der Waals surface area contributed by atoms with Gasteiger partial charge in [0.1, 0.15) is 5.57 Å². The molecule has 0 fully saturated rings. The van der Waals surface area contributed by atoms with Gasteiger partial charge >= 0.3 is 115 Å². The Morgan fingerprint density at radius 2 is 1.59 bits per heavy atom. The van der Waals surface area contributed by atoms with Crippen LogP contribution in [0.3, 0.4) is 0 Å². The number of carbonyl (C=O) groups excluding carboxylic acids is 3. The first-order valence-corrected chi connectivity index (χ1v) is 17.5. The third-order valence-electron chi connectivity index (χ3n) is 6.38. The number of hydrazone groups is 1. The van der Waals surface area contributed by atoms with E-state index in [0.29, 0.717) is 11.1 Å². The molecule has 2 aromatic rings. The number of esters is 2. The molecular weight excluding hydrogens is 739 g/mol. The number of ether oxygens (including phenoxy) is 2. The van der Waals surface area contributed by atoms with Gasteiger partial charge in [-0.25, -0.2) is 23.0 Å². The van der Waals surface area contributed by atoms with Gasteiger partial charge in [-0.05, 0) is 56.2 Å². The van der Waals surface area contributed by atoms with Crippen molar-refractivity contribution in [3.63, 3.8) is 0 Å². The van der Waals surface area contributed by atoms with E-state index < -0.39 is 55.5 Å². The number of rotatable bonds is 16. The first kappa shape index (κ1) is 45.7. The molecule has 1 aliphatic heterocycles. The number of nitrogens with zero attached hydrogens (tertiary/aromatic N) is 4. The van der Waals surface area contributed by atoms with Crippen LogP contribution in [-0.4, -0.2) is 95.6 Å². The summed E-state index contributed by atoms with van der Waals surface area (Å²) >= 11 is 0. The average molecular weight is 771 g/mol. The van der Waals surface area contributed by atoms with E-state index in [0.717, 1.165) is 9.69 Å². The van der Waals surface area contributed by atoms with Crippen molar-refractivity contribution in [1.29, 1.82) is 0 Å². The number of carbonyl (C=O) groups is 3. The van der Waals surface area contributed by atoms with Gasteiger partial charge in [-0.15, -0.1) is 5.73 Å². The molecule has 3 rings (SSSR count). The van der Waals surface area contributed by atoms with Crippen LogP contribution in [0, 0.1) is 0 Å². The quantitative estimate of drug-likeness (QED) is 0.0420. The summed E-state index contributed by atoms with van der Waals surface area (Å²) in [5.74, 6) is -4.66. The van der Waals surface area contributed by atoms with Crippen LogP contribution >= 0.6 is 0 Å². The molecule has 2 heterocycles. The van der Waals surface area contributed by atoms with E-state index in [1.54, 1.807) is 50.3 Å². The molecule has 49 heavy (non-hydrogen) atoms. The second kappa shape index (κ2) is 21.3. The molecule has 254 valence electrons. The van der Waals surface area contributed by atoms with Crippen molar-refractivity contribution in [3.05, 3.63) is 70.6 Å². The van der Waals surface area contributed by atoms with Gasteiger partial charge in [-0.2, -0.15) is 18.6 Å². The predicted molar refractivity (Wildman–Crippen MR) is 163 cm³/mol. The molecule has 20 heteroatoms. The number of hydrogen-bond donors (Lipinski definition) is 1. The maximum atomic E-state index is 13.2. The maximum Gasteiger partial charge on any atom is 1.00 e. The van der Waals surface area contributed by atoms with Gasteiger partial charge in [0.25, 0.3) is 16.0 Å². The summed E-state index contributed by atoms with van der Waals surface area (Å²) in [6.45, 7) is 2.60. The van der Waals surface area contributed by atoms with Crippen LogP contribution in [0.4, 0.5) is 0 Å². The van der Waals surface area contributed by atoms with Crippen LogP contribution in [0.2, 0.25) is 0 Å². The Morgan fingerprint density at radius 3 is 2.18 bits per heavy atom. The summed E-state index contributed by atoms with van der Waals surface area (Å²) in [6.07, 6.45) is 2.34. The largest absolute Gasteiger partial charge is 1.00 e. The number of hydrogen-bond acceptors (Lipinski definition) is 13. The third-order valence-corrected chi connectivity index (χ3v) is 7.98. The van der Waals surface area contributed by atoms with E-state index >= 15 is 0 Å². The molecule has 1 aromatic carbocycles. The summed E-state index contributed by atoms with van der Waals surface area (Å²) in [6, 6.07) is 8.62. The number of aryl methyl sites for hydroxylation is 1. The smallest absolute Gasteiger partial charge is 0.859 e. The van der Waals surface area contributed by atoms with Gasteiger partial charge in [0.15, 0.2) is 11.4 Å². The Hall–Kier alpha value is -1.34. The predicted octanol–water partition coefficient (Wildman–Crippen LogP) is -5.18. The maximum absolute atomic E-state index is 13.2. The zero-order valence-electron chi connectivity index (χ0n) is 27.4. The number of benzene rings is 1. The van der Waals surface area contributed by atoms with Gasteiger partial charge in [0.05, 0.1) is 29.1 Å². The fraction of sp³-hybridized carbons (Fsp3) is 0.379. The molecule has 0 atom stereocenters. The molecular formula is C29H32K2N4O12S2. The molecule has 16 nitrogen and oxygen atoms in total. The Bertz CT molecular complexity index is 1850. The first-order chi connectivity index (χ1) is 22.1. The number of amides is 1. The molecule has 0 saturated heterocycles. The van der Waals surface area contributed by atoms with Crippen molar-refractivity contribution in [3.8, 4) is 5.88 Å². The zero-order chi connectivity index (χ0) is 34.8. The van der Waals surface area contributed by atoms with Crippen LogP contribution in [0.1, 0.15) is 48.3 Å². The van der Waals surface area contributed by atoms with Gasteiger partial charge in [0.2, 0.25) is 0 Å². The molecule has 1 aliphatic rings. The molecule has 1 amide bonds. The van der Waals surface area contributed by atoms with Crippen LogP contribution in [0.25, 0.3) is 5.57 Å². The van der Waals surface area contributed by atoms with Crippen molar-refractivity contribution >= 4 is 49.4 Å². The average Bonchev–Trinajstić information content (AvgIpc) is 3.48. The van der Waals surface area contributed by atoms with Gasteiger partial charge < -0.3 is 19.1 Å². The second-order valence-electron chi connectivity index (χ2n) is 9.82. The van der Waals surface area contributed by atoms with Gasteiger partial charge in [0, 0.05) is 24.4 Å². The molecule has 0 radical (unpaired) electrons. The fourth-order valence-corrected chi connectivity index (χ4v) is 5.27. The molecule has 0 saturated carbocycles. The Kier molecular flexibility index (Phi) is 19.8. The summed E-state index contributed by atoms with van der Waals surface area (Å²) in [4.78, 5) is 38.5. The van der Waals surface area contributed by atoms with Crippen molar-refractivity contribution in [2.75, 3.05) is 31.3 Å². The summed E-state index contributed by atoms with van der Waals surface area (Å²) < 4.78 is 75.2. The Morgan fingerprint density at radius 1 is 0.980 bits per heavy atom. The molecule has 0 aliphatic carbocycles. The zero-order valence-corrected chi connectivity index (χ0v) is 35.3. The molecule has 0 spiro atoms. The molecule has 0 unspecified atom stereocenters. The molecule has 0 bridgehead atoms.